The summed E-state index contributed by atoms with van der Waals surface area (Å²) in [7, 11) is 3.06. The number of rotatable bonds is 8. The Kier molecular flexibility index (Phi) is 7.20. The molecule has 1 fully saturated rings. The van der Waals surface area contributed by atoms with Gasteiger partial charge in [-0.2, -0.15) is 0 Å². The third kappa shape index (κ3) is 4.34. The summed E-state index contributed by atoms with van der Waals surface area (Å²) in [5.41, 5.74) is 2.94. The number of carbonyl (C=O) groups is 2. The molecule has 3 rings (SSSR count). The Hall–Kier alpha value is -3.32. The van der Waals surface area contributed by atoms with Crippen LogP contribution in [0.25, 0.3) is 5.76 Å². The molecule has 0 radical (unpaired) electrons. The van der Waals surface area contributed by atoms with Crippen molar-refractivity contribution in [2.24, 2.45) is 0 Å². The number of ether oxygens (including phenoxy) is 3. The number of Topliss-reactive ketones (excluding diaryl/α,β-unsaturated/α-hetero) is 1. The fraction of sp³-hybridized carbons (Fsp3) is 0.360. The summed E-state index contributed by atoms with van der Waals surface area (Å²) in [4.78, 5) is 27.5. The molecule has 1 amide bonds. The second-order valence-electron chi connectivity index (χ2n) is 7.65. The highest BCUT2D eigenvalue weighted by Gasteiger charge is 2.46. The molecule has 0 aromatic heterocycles. The Labute approximate surface area is 188 Å². The fourth-order valence-corrected chi connectivity index (χ4v) is 3.91. The van der Waals surface area contributed by atoms with Crippen molar-refractivity contribution < 1.29 is 28.9 Å². The Balaban J connectivity index is 2.22. The quantitative estimate of drug-likeness (QED) is 0.383. The first kappa shape index (κ1) is 23.3. The van der Waals surface area contributed by atoms with Gasteiger partial charge in [0.1, 0.15) is 5.76 Å². The minimum absolute atomic E-state index is 0.0472. The van der Waals surface area contributed by atoms with Gasteiger partial charge in [-0.3, -0.25) is 9.59 Å². The van der Waals surface area contributed by atoms with Gasteiger partial charge in [0.2, 0.25) is 0 Å². The van der Waals surface area contributed by atoms with Crippen LogP contribution in [0.15, 0.2) is 42.0 Å². The normalized spacial score (nSPS) is 17.7. The standard InChI is InChI=1S/C25H29NO6/c1-6-32-19-10-9-17(14-20(19)31-5)22-21(24(28)25(29)26(22)11-12-30-4)23(27)18-13-15(2)7-8-16(18)3/h7-10,13-14,22,27H,6,11-12H2,1-5H3/t22-/m0/s1. The van der Waals surface area contributed by atoms with E-state index in [0.29, 0.717) is 29.2 Å². The summed E-state index contributed by atoms with van der Waals surface area (Å²) in [6, 6.07) is 10.1. The molecule has 1 atom stereocenters. The van der Waals surface area contributed by atoms with Gasteiger partial charge in [0.05, 0.1) is 31.9 Å². The van der Waals surface area contributed by atoms with Crippen LogP contribution in [0.4, 0.5) is 0 Å². The van der Waals surface area contributed by atoms with Crippen molar-refractivity contribution in [3.8, 4) is 11.5 Å². The molecular weight excluding hydrogens is 410 g/mol. The number of aryl methyl sites for hydroxylation is 2. The van der Waals surface area contributed by atoms with Crippen LogP contribution < -0.4 is 9.47 Å². The zero-order chi connectivity index (χ0) is 23.4. The number of nitrogens with zero attached hydrogens (tertiary/aromatic N) is 1. The molecule has 1 aliphatic heterocycles. The van der Waals surface area contributed by atoms with E-state index in [1.54, 1.807) is 18.2 Å². The average molecular weight is 440 g/mol. The molecule has 1 aliphatic rings. The summed E-state index contributed by atoms with van der Waals surface area (Å²) in [5, 5.41) is 11.2. The largest absolute Gasteiger partial charge is 0.507 e. The monoisotopic (exact) mass is 439 g/mol. The van der Waals surface area contributed by atoms with Gasteiger partial charge in [-0.05, 0) is 50.1 Å². The maximum Gasteiger partial charge on any atom is 0.295 e. The van der Waals surface area contributed by atoms with E-state index in [-0.39, 0.29) is 24.5 Å². The third-order valence-corrected chi connectivity index (χ3v) is 5.53. The van der Waals surface area contributed by atoms with Gasteiger partial charge in [-0.15, -0.1) is 0 Å². The molecule has 170 valence electrons. The third-order valence-electron chi connectivity index (χ3n) is 5.53. The van der Waals surface area contributed by atoms with Gasteiger partial charge in [-0.1, -0.05) is 23.8 Å². The molecule has 1 saturated heterocycles. The highest BCUT2D eigenvalue weighted by atomic mass is 16.5. The number of benzene rings is 2. The average Bonchev–Trinajstić information content (AvgIpc) is 3.04. The van der Waals surface area contributed by atoms with Crippen molar-refractivity contribution in [3.63, 3.8) is 0 Å². The number of aliphatic hydroxyl groups excluding tert-OH is 1. The van der Waals surface area contributed by atoms with Crippen molar-refractivity contribution in [1.82, 2.24) is 4.90 Å². The molecule has 7 nitrogen and oxygen atoms in total. The van der Waals surface area contributed by atoms with E-state index < -0.39 is 17.7 Å². The molecule has 1 heterocycles. The summed E-state index contributed by atoms with van der Waals surface area (Å²) in [5.74, 6) is -0.554. The first-order chi connectivity index (χ1) is 15.3. The van der Waals surface area contributed by atoms with Crippen LogP contribution in [0.5, 0.6) is 11.5 Å². The van der Waals surface area contributed by atoms with Crippen LogP contribution in [-0.4, -0.2) is 55.7 Å². The van der Waals surface area contributed by atoms with E-state index in [4.69, 9.17) is 14.2 Å². The molecule has 2 aromatic rings. The van der Waals surface area contributed by atoms with Crippen molar-refractivity contribution in [3.05, 3.63) is 64.2 Å². The molecular formula is C25H29NO6. The van der Waals surface area contributed by atoms with Gasteiger partial charge in [-0.25, -0.2) is 0 Å². The lowest BCUT2D eigenvalue weighted by Gasteiger charge is -2.26. The van der Waals surface area contributed by atoms with Crippen molar-refractivity contribution in [2.75, 3.05) is 34.0 Å². The maximum atomic E-state index is 13.1. The molecule has 0 bridgehead atoms. The van der Waals surface area contributed by atoms with Gasteiger partial charge in [0.25, 0.3) is 11.7 Å². The van der Waals surface area contributed by atoms with Crippen LogP contribution in [0.1, 0.15) is 35.2 Å². The van der Waals surface area contributed by atoms with Crippen molar-refractivity contribution in [2.45, 2.75) is 26.8 Å². The predicted octanol–water partition coefficient (Wildman–Crippen LogP) is 3.78. The van der Waals surface area contributed by atoms with E-state index in [1.807, 2.05) is 39.0 Å². The fourth-order valence-electron chi connectivity index (χ4n) is 3.91. The van der Waals surface area contributed by atoms with Crippen LogP contribution >= 0.6 is 0 Å². The summed E-state index contributed by atoms with van der Waals surface area (Å²) < 4.78 is 16.2. The number of methoxy groups -OCH3 is 2. The van der Waals surface area contributed by atoms with E-state index in [2.05, 4.69) is 0 Å². The molecule has 32 heavy (non-hydrogen) atoms. The minimum atomic E-state index is -0.783. The molecule has 0 saturated carbocycles. The van der Waals surface area contributed by atoms with E-state index in [0.717, 1.165) is 11.1 Å². The van der Waals surface area contributed by atoms with Crippen LogP contribution in [0.2, 0.25) is 0 Å². The number of ketones is 1. The Morgan fingerprint density at radius 1 is 1.06 bits per heavy atom. The predicted molar refractivity (Wildman–Crippen MR) is 121 cm³/mol. The first-order valence-electron chi connectivity index (χ1n) is 10.5. The van der Waals surface area contributed by atoms with Crippen LogP contribution in [0.3, 0.4) is 0 Å². The van der Waals surface area contributed by atoms with Crippen molar-refractivity contribution >= 4 is 17.4 Å². The van der Waals surface area contributed by atoms with Crippen LogP contribution in [-0.2, 0) is 14.3 Å². The number of carbonyl (C=O) groups excluding carboxylic acids is 2. The summed E-state index contributed by atoms with van der Waals surface area (Å²) in [6.45, 7) is 6.55. The van der Waals surface area contributed by atoms with Gasteiger partial charge in [0, 0.05) is 19.2 Å². The van der Waals surface area contributed by atoms with Gasteiger partial charge < -0.3 is 24.2 Å². The lowest BCUT2D eigenvalue weighted by atomic mass is 9.93. The molecule has 0 unspecified atom stereocenters. The summed E-state index contributed by atoms with van der Waals surface area (Å²) in [6.07, 6.45) is 0. The second kappa shape index (κ2) is 9.87. The molecule has 2 aromatic carbocycles. The number of hydrogen-bond acceptors (Lipinski definition) is 6. The van der Waals surface area contributed by atoms with E-state index >= 15 is 0 Å². The van der Waals surface area contributed by atoms with Crippen LogP contribution in [0, 0.1) is 13.8 Å². The van der Waals surface area contributed by atoms with Crippen molar-refractivity contribution in [1.29, 1.82) is 0 Å². The molecule has 7 heteroatoms. The smallest absolute Gasteiger partial charge is 0.295 e. The second-order valence-corrected chi connectivity index (χ2v) is 7.65. The highest BCUT2D eigenvalue weighted by Crippen LogP contribution is 2.42. The lowest BCUT2D eigenvalue weighted by molar-refractivity contribution is -0.140. The van der Waals surface area contributed by atoms with Gasteiger partial charge in [0.15, 0.2) is 11.5 Å². The molecule has 0 spiro atoms. The van der Waals surface area contributed by atoms with E-state index in [1.165, 1.54) is 19.1 Å². The Morgan fingerprint density at radius 2 is 1.81 bits per heavy atom. The summed E-state index contributed by atoms with van der Waals surface area (Å²) >= 11 is 0. The maximum absolute atomic E-state index is 13.1. The Bertz CT molecular complexity index is 1060. The zero-order valence-electron chi connectivity index (χ0n) is 19.1. The SMILES string of the molecule is CCOc1ccc([C@H]2C(=C(O)c3cc(C)ccc3C)C(=O)C(=O)N2CCOC)cc1OC. The Morgan fingerprint density at radius 3 is 2.47 bits per heavy atom. The zero-order valence-corrected chi connectivity index (χ0v) is 19.1. The topological polar surface area (TPSA) is 85.3 Å². The molecule has 1 N–H and O–H groups in total. The molecule has 0 aliphatic carbocycles. The van der Waals surface area contributed by atoms with E-state index in [9.17, 15) is 14.7 Å². The minimum Gasteiger partial charge on any atom is -0.507 e. The first-order valence-corrected chi connectivity index (χ1v) is 10.5. The number of amides is 1. The van der Waals surface area contributed by atoms with Gasteiger partial charge >= 0.3 is 0 Å². The lowest BCUT2D eigenvalue weighted by Crippen LogP contribution is -2.32. The number of likely N-dealkylation sites (tertiary alicyclic amines) is 1. The number of aliphatic hydroxyl groups is 1. The highest BCUT2D eigenvalue weighted by molar-refractivity contribution is 6.46. The number of hydrogen-bond donors (Lipinski definition) is 1.